The highest BCUT2D eigenvalue weighted by Crippen LogP contribution is 2.16. The molecule has 0 radical (unpaired) electrons. The summed E-state index contributed by atoms with van der Waals surface area (Å²) in [6.07, 6.45) is 2.33. The summed E-state index contributed by atoms with van der Waals surface area (Å²) in [5.41, 5.74) is 1.88. The minimum atomic E-state index is -0.209. The summed E-state index contributed by atoms with van der Waals surface area (Å²) in [7, 11) is 0. The fraction of sp³-hybridized carbons (Fsp3) is 0.312. The zero-order valence-corrected chi connectivity index (χ0v) is 12.5. The van der Waals surface area contributed by atoms with Crippen LogP contribution in [0.1, 0.15) is 35.7 Å². The number of aryl methyl sites for hydroxylation is 2. The Labute approximate surface area is 124 Å². The Hall–Kier alpha value is -2.43. The summed E-state index contributed by atoms with van der Waals surface area (Å²) in [5.74, 6) is 1.31. The van der Waals surface area contributed by atoms with E-state index in [0.717, 1.165) is 18.0 Å². The Bertz CT molecular complexity index is 624. The Balaban J connectivity index is 2.10. The molecular formula is C16H19N3O2. The van der Waals surface area contributed by atoms with Gasteiger partial charge in [-0.15, -0.1) is 0 Å². The molecule has 5 nitrogen and oxygen atoms in total. The number of aromatic nitrogens is 2. The van der Waals surface area contributed by atoms with Gasteiger partial charge in [-0.25, -0.2) is 9.97 Å². The molecule has 0 saturated carbocycles. The van der Waals surface area contributed by atoms with E-state index in [1.165, 1.54) is 0 Å². The summed E-state index contributed by atoms with van der Waals surface area (Å²) in [4.78, 5) is 20.7. The lowest BCUT2D eigenvalue weighted by molar-refractivity contribution is 0.102. The maximum atomic E-state index is 12.2. The van der Waals surface area contributed by atoms with Gasteiger partial charge in [0, 0.05) is 18.3 Å². The number of amides is 1. The van der Waals surface area contributed by atoms with Crippen molar-refractivity contribution in [3.63, 3.8) is 0 Å². The average molecular weight is 285 g/mol. The number of anilines is 1. The molecule has 1 heterocycles. The first-order valence-electron chi connectivity index (χ1n) is 7.00. The molecule has 0 bridgehead atoms. The zero-order chi connectivity index (χ0) is 15.2. The van der Waals surface area contributed by atoms with Crippen LogP contribution in [-0.2, 0) is 6.42 Å². The molecule has 110 valence electrons. The van der Waals surface area contributed by atoms with Gasteiger partial charge in [0.05, 0.1) is 17.9 Å². The fourth-order valence-corrected chi connectivity index (χ4v) is 1.91. The van der Waals surface area contributed by atoms with E-state index in [2.05, 4.69) is 15.3 Å². The van der Waals surface area contributed by atoms with Crippen LogP contribution in [0.5, 0.6) is 5.75 Å². The Morgan fingerprint density at radius 3 is 2.52 bits per heavy atom. The minimum absolute atomic E-state index is 0.209. The predicted octanol–water partition coefficient (Wildman–Crippen LogP) is 3.00. The van der Waals surface area contributed by atoms with Crippen molar-refractivity contribution in [3.05, 3.63) is 47.5 Å². The van der Waals surface area contributed by atoms with Gasteiger partial charge in [-0.1, -0.05) is 6.92 Å². The summed E-state index contributed by atoms with van der Waals surface area (Å²) in [6, 6.07) is 7.25. The Morgan fingerprint density at radius 2 is 1.95 bits per heavy atom. The quantitative estimate of drug-likeness (QED) is 0.917. The van der Waals surface area contributed by atoms with Gasteiger partial charge < -0.3 is 10.1 Å². The van der Waals surface area contributed by atoms with Gasteiger partial charge in [0.15, 0.2) is 0 Å². The summed E-state index contributed by atoms with van der Waals surface area (Å²) in [6.45, 7) is 6.34. The van der Waals surface area contributed by atoms with Crippen molar-refractivity contribution in [1.29, 1.82) is 0 Å². The Morgan fingerprint density at radius 1 is 1.24 bits per heavy atom. The van der Waals surface area contributed by atoms with E-state index in [0.29, 0.717) is 23.6 Å². The topological polar surface area (TPSA) is 64.1 Å². The molecule has 21 heavy (non-hydrogen) atoms. The lowest BCUT2D eigenvalue weighted by Gasteiger charge is -2.09. The molecule has 0 aliphatic rings. The fourth-order valence-electron chi connectivity index (χ4n) is 1.91. The number of carbonyl (C=O) groups excluding carboxylic acids is 1. The smallest absolute Gasteiger partial charge is 0.259 e. The second kappa shape index (κ2) is 6.83. The SMILES string of the molecule is CCOc1ccc(NC(=O)c2cnc(CC)nc2C)cc1. The monoisotopic (exact) mass is 285 g/mol. The first-order valence-corrected chi connectivity index (χ1v) is 7.00. The third-order valence-electron chi connectivity index (χ3n) is 3.01. The van der Waals surface area contributed by atoms with Crippen LogP contribution in [0, 0.1) is 6.92 Å². The van der Waals surface area contributed by atoms with Gasteiger partial charge in [-0.2, -0.15) is 0 Å². The number of ether oxygens (including phenoxy) is 1. The van der Waals surface area contributed by atoms with Crippen molar-refractivity contribution in [2.24, 2.45) is 0 Å². The number of rotatable bonds is 5. The van der Waals surface area contributed by atoms with Crippen LogP contribution in [0.15, 0.2) is 30.5 Å². The second-order valence-electron chi connectivity index (χ2n) is 4.55. The third kappa shape index (κ3) is 3.78. The molecule has 0 atom stereocenters. The molecule has 0 fully saturated rings. The average Bonchev–Trinajstić information content (AvgIpc) is 2.49. The molecule has 1 aromatic heterocycles. The van der Waals surface area contributed by atoms with Crippen molar-refractivity contribution in [1.82, 2.24) is 9.97 Å². The van der Waals surface area contributed by atoms with Gasteiger partial charge in [0.2, 0.25) is 0 Å². The predicted molar refractivity (Wildman–Crippen MR) is 81.7 cm³/mol. The van der Waals surface area contributed by atoms with Gasteiger partial charge in [0.1, 0.15) is 11.6 Å². The number of hydrogen-bond acceptors (Lipinski definition) is 4. The van der Waals surface area contributed by atoms with Crippen LogP contribution in [0.4, 0.5) is 5.69 Å². The van der Waals surface area contributed by atoms with Crippen LogP contribution >= 0.6 is 0 Å². The number of benzene rings is 1. The van der Waals surface area contributed by atoms with Crippen molar-refractivity contribution >= 4 is 11.6 Å². The highest BCUT2D eigenvalue weighted by atomic mass is 16.5. The van der Waals surface area contributed by atoms with Crippen LogP contribution in [0.25, 0.3) is 0 Å². The molecule has 2 rings (SSSR count). The number of nitrogens with zero attached hydrogens (tertiary/aromatic N) is 2. The van der Waals surface area contributed by atoms with E-state index >= 15 is 0 Å². The zero-order valence-electron chi connectivity index (χ0n) is 12.5. The van der Waals surface area contributed by atoms with E-state index in [9.17, 15) is 4.79 Å². The van der Waals surface area contributed by atoms with Crippen molar-refractivity contribution in [2.75, 3.05) is 11.9 Å². The van der Waals surface area contributed by atoms with Crippen LogP contribution in [-0.4, -0.2) is 22.5 Å². The maximum absolute atomic E-state index is 12.2. The van der Waals surface area contributed by atoms with E-state index in [1.54, 1.807) is 18.3 Å². The normalized spacial score (nSPS) is 10.2. The highest BCUT2D eigenvalue weighted by molar-refractivity contribution is 6.04. The summed E-state index contributed by atoms with van der Waals surface area (Å²) < 4.78 is 5.36. The lowest BCUT2D eigenvalue weighted by atomic mass is 10.2. The molecule has 0 unspecified atom stereocenters. The van der Waals surface area contributed by atoms with Crippen molar-refractivity contribution in [3.8, 4) is 5.75 Å². The Kier molecular flexibility index (Phi) is 4.87. The molecular weight excluding hydrogens is 266 g/mol. The van der Waals surface area contributed by atoms with E-state index in [-0.39, 0.29) is 5.91 Å². The largest absolute Gasteiger partial charge is 0.494 e. The third-order valence-corrected chi connectivity index (χ3v) is 3.01. The number of nitrogens with one attached hydrogen (secondary N) is 1. The highest BCUT2D eigenvalue weighted by Gasteiger charge is 2.11. The first kappa shape index (κ1) is 15.0. The van der Waals surface area contributed by atoms with Gasteiger partial charge in [-0.3, -0.25) is 4.79 Å². The molecule has 0 aliphatic carbocycles. The maximum Gasteiger partial charge on any atom is 0.259 e. The first-order chi connectivity index (χ1) is 10.1. The summed E-state index contributed by atoms with van der Waals surface area (Å²) >= 11 is 0. The van der Waals surface area contributed by atoms with Crippen LogP contribution < -0.4 is 10.1 Å². The van der Waals surface area contributed by atoms with Crippen molar-refractivity contribution in [2.45, 2.75) is 27.2 Å². The van der Waals surface area contributed by atoms with Gasteiger partial charge >= 0.3 is 0 Å². The van der Waals surface area contributed by atoms with Gasteiger partial charge in [0.25, 0.3) is 5.91 Å². The second-order valence-corrected chi connectivity index (χ2v) is 4.55. The van der Waals surface area contributed by atoms with Gasteiger partial charge in [-0.05, 0) is 38.1 Å². The number of hydrogen-bond donors (Lipinski definition) is 1. The molecule has 0 saturated heterocycles. The van der Waals surface area contributed by atoms with E-state index in [4.69, 9.17) is 4.74 Å². The lowest BCUT2D eigenvalue weighted by Crippen LogP contribution is -2.15. The number of carbonyl (C=O) groups is 1. The molecule has 5 heteroatoms. The van der Waals surface area contributed by atoms with E-state index in [1.807, 2.05) is 32.9 Å². The van der Waals surface area contributed by atoms with Crippen LogP contribution in [0.3, 0.4) is 0 Å². The standard InChI is InChI=1S/C16H19N3O2/c1-4-15-17-10-14(11(3)18-15)16(20)19-12-6-8-13(9-7-12)21-5-2/h6-10H,4-5H2,1-3H3,(H,19,20). The molecule has 1 amide bonds. The summed E-state index contributed by atoms with van der Waals surface area (Å²) in [5, 5.41) is 2.83. The molecule has 1 N–H and O–H groups in total. The minimum Gasteiger partial charge on any atom is -0.494 e. The van der Waals surface area contributed by atoms with E-state index < -0.39 is 0 Å². The molecule has 0 aliphatic heterocycles. The van der Waals surface area contributed by atoms with Crippen LogP contribution in [0.2, 0.25) is 0 Å². The molecule has 2 aromatic rings. The molecule has 1 aromatic carbocycles. The molecule has 0 spiro atoms. The van der Waals surface area contributed by atoms with Crippen molar-refractivity contribution < 1.29 is 9.53 Å².